The highest BCUT2D eigenvalue weighted by Gasteiger charge is 2.72. The monoisotopic (exact) mass is 687 g/mol. The fourth-order valence-corrected chi connectivity index (χ4v) is 19.1. The van der Waals surface area contributed by atoms with Crippen LogP contribution in [0, 0.1) is 117 Å². The molecule has 0 amide bonds. The molecule has 0 nitrogen and oxygen atoms in total. The van der Waals surface area contributed by atoms with E-state index in [4.69, 9.17) is 0 Å². The second-order valence-corrected chi connectivity index (χ2v) is 23.4. The largest absolute Gasteiger partial charge is 0.0651 e. The van der Waals surface area contributed by atoms with Crippen molar-refractivity contribution in [2.75, 3.05) is 0 Å². The summed E-state index contributed by atoms with van der Waals surface area (Å²) in [7, 11) is 0. The van der Waals surface area contributed by atoms with Gasteiger partial charge in [-0.1, -0.05) is 133 Å². The molecule has 0 aliphatic heterocycles. The van der Waals surface area contributed by atoms with Crippen molar-refractivity contribution >= 4 is 0 Å². The molecule has 8 rings (SSSR count). The normalized spacial score (nSPS) is 49.6. The highest BCUT2D eigenvalue weighted by molar-refractivity contribution is 5.20. The van der Waals surface area contributed by atoms with E-state index in [2.05, 4.69) is 62.3 Å². The van der Waals surface area contributed by atoms with E-state index in [-0.39, 0.29) is 0 Å². The van der Waals surface area contributed by atoms with Crippen LogP contribution in [0.3, 0.4) is 0 Å². The Bertz CT molecular complexity index is 1130. The summed E-state index contributed by atoms with van der Waals surface area (Å²) in [6.07, 6.45) is 32.8. The van der Waals surface area contributed by atoms with Crippen molar-refractivity contribution < 1.29 is 0 Å². The molecule has 0 N–H and O–H groups in total. The third kappa shape index (κ3) is 5.91. The lowest BCUT2D eigenvalue weighted by Gasteiger charge is -2.56. The van der Waals surface area contributed by atoms with Gasteiger partial charge in [0.05, 0.1) is 0 Å². The van der Waals surface area contributed by atoms with Crippen molar-refractivity contribution in [1.29, 1.82) is 0 Å². The number of hydrogen-bond donors (Lipinski definition) is 0. The van der Waals surface area contributed by atoms with Gasteiger partial charge in [0.15, 0.2) is 0 Å². The lowest BCUT2D eigenvalue weighted by molar-refractivity contribution is -0.0684. The first kappa shape index (κ1) is 36.9. The van der Waals surface area contributed by atoms with Crippen LogP contribution in [0.4, 0.5) is 0 Å². The maximum Gasteiger partial charge on any atom is -0.0230 e. The average Bonchev–Trinajstić information content (AvgIpc) is 3.49. The maximum atomic E-state index is 2.88. The smallest absolute Gasteiger partial charge is 0.0230 e. The minimum Gasteiger partial charge on any atom is -0.0651 e. The van der Waals surface area contributed by atoms with Crippen LogP contribution in [0.5, 0.6) is 0 Å². The number of hydrogen-bond acceptors (Lipinski definition) is 0. The summed E-state index contributed by atoms with van der Waals surface area (Å²) in [6, 6.07) is 0. The average molecular weight is 687 g/mol. The Labute approximate surface area is 313 Å². The zero-order chi connectivity index (χ0) is 35.2. The molecule has 1 spiro atoms. The first-order chi connectivity index (χ1) is 24.0. The van der Waals surface area contributed by atoms with E-state index in [1.54, 1.807) is 96.3 Å². The van der Waals surface area contributed by atoms with Gasteiger partial charge in [-0.15, -0.1) is 0 Å². The molecule has 8 fully saturated rings. The van der Waals surface area contributed by atoms with Gasteiger partial charge >= 0.3 is 0 Å². The van der Waals surface area contributed by atoms with E-state index >= 15 is 0 Å². The molecule has 0 heterocycles. The fourth-order valence-electron chi connectivity index (χ4n) is 19.1. The summed E-state index contributed by atoms with van der Waals surface area (Å²) in [4.78, 5) is 0. The quantitative estimate of drug-likeness (QED) is 0.250. The van der Waals surface area contributed by atoms with Crippen molar-refractivity contribution in [3.8, 4) is 0 Å². The topological polar surface area (TPSA) is 0 Å². The van der Waals surface area contributed by atoms with Gasteiger partial charge in [-0.05, 0) is 181 Å². The number of rotatable bonds is 7. The third-order valence-corrected chi connectivity index (χ3v) is 20.3. The van der Waals surface area contributed by atoms with E-state index in [0.717, 1.165) is 101 Å². The molecule has 15 atom stereocenters. The minimum absolute atomic E-state index is 0.460. The minimum atomic E-state index is 0.460. The molecule has 0 saturated heterocycles. The summed E-state index contributed by atoms with van der Waals surface area (Å²) >= 11 is 0. The van der Waals surface area contributed by atoms with Gasteiger partial charge in [0.25, 0.3) is 0 Å². The summed E-state index contributed by atoms with van der Waals surface area (Å²) in [5, 5.41) is 0. The molecule has 0 heteroatoms. The fraction of sp³-hybridized carbons (Fsp3) is 1.00. The first-order valence-corrected chi connectivity index (χ1v) is 24.0. The summed E-state index contributed by atoms with van der Waals surface area (Å²) < 4.78 is 0. The first-order valence-electron chi connectivity index (χ1n) is 24.0. The molecular weight excluding hydrogens is 601 g/mol. The molecular formula is C50H86. The molecule has 8 saturated carbocycles. The summed E-state index contributed by atoms with van der Waals surface area (Å²) in [6.45, 7) is 23.8. The number of fused-ring (bicyclic) bond motifs is 12. The summed E-state index contributed by atoms with van der Waals surface area (Å²) in [5.41, 5.74) is 1.67. The van der Waals surface area contributed by atoms with Crippen LogP contribution in [-0.2, 0) is 0 Å². The van der Waals surface area contributed by atoms with Crippen LogP contribution in [0.1, 0.15) is 197 Å². The van der Waals surface area contributed by atoms with Gasteiger partial charge in [0.1, 0.15) is 0 Å². The Kier molecular flexibility index (Phi) is 10.3. The van der Waals surface area contributed by atoms with Crippen LogP contribution < -0.4 is 0 Å². The van der Waals surface area contributed by atoms with E-state index < -0.39 is 0 Å². The standard InChI is InChI=1S/C50H86/c1-10-31(11-2)36-25-37(32(12-3)13-4)30-50(29-36)42-23-22-41-46(44(42)40-26-33-18-14-15-19-34(33)27-43(40)50)45-39-21-17-16-20-35(39)24-38(28-48(5,6)7)47(45)49(41,8)9/h31-47H,10-30H2,1-9H3. The molecule has 8 aliphatic carbocycles. The predicted molar refractivity (Wildman–Crippen MR) is 215 cm³/mol. The van der Waals surface area contributed by atoms with Crippen molar-refractivity contribution in [2.24, 2.45) is 117 Å². The Morgan fingerprint density at radius 1 is 0.540 bits per heavy atom. The molecule has 0 aromatic heterocycles. The highest BCUT2D eigenvalue weighted by atomic mass is 14.8. The van der Waals surface area contributed by atoms with Crippen LogP contribution in [-0.4, -0.2) is 0 Å². The van der Waals surface area contributed by atoms with Gasteiger partial charge in [0, 0.05) is 0 Å². The Morgan fingerprint density at radius 2 is 1.10 bits per heavy atom. The maximum absolute atomic E-state index is 2.88. The molecule has 8 aliphatic rings. The molecule has 0 aromatic rings. The second-order valence-electron chi connectivity index (χ2n) is 23.4. The van der Waals surface area contributed by atoms with Crippen molar-refractivity contribution in [3.63, 3.8) is 0 Å². The SMILES string of the molecule is CCC(CC)C1CC(C(CC)CC)CC2(C1)C1CC3CCCCC3CC1C1C3C4C5CCCCC5CC(CC(C)(C)C)C4C(C)(C)C3CCC12. The van der Waals surface area contributed by atoms with Gasteiger partial charge in [-0.25, -0.2) is 0 Å². The lowest BCUT2D eigenvalue weighted by atomic mass is 9.49. The van der Waals surface area contributed by atoms with Gasteiger partial charge in [0.2, 0.25) is 0 Å². The van der Waals surface area contributed by atoms with Crippen molar-refractivity contribution in [3.05, 3.63) is 0 Å². The zero-order valence-electron chi connectivity index (χ0n) is 35.2. The van der Waals surface area contributed by atoms with Gasteiger partial charge in [-0.2, -0.15) is 0 Å². The Hall–Kier alpha value is 0. The van der Waals surface area contributed by atoms with E-state index in [1.165, 1.54) is 38.5 Å². The molecule has 0 bridgehead atoms. The van der Waals surface area contributed by atoms with Crippen LogP contribution in [0.2, 0.25) is 0 Å². The van der Waals surface area contributed by atoms with Gasteiger partial charge < -0.3 is 0 Å². The molecule has 15 unspecified atom stereocenters. The molecule has 0 aromatic carbocycles. The van der Waals surface area contributed by atoms with Crippen LogP contribution in [0.15, 0.2) is 0 Å². The lowest BCUT2D eigenvalue weighted by Crippen LogP contribution is -2.48. The van der Waals surface area contributed by atoms with Crippen LogP contribution >= 0.6 is 0 Å². The molecule has 286 valence electrons. The highest BCUT2D eigenvalue weighted by Crippen LogP contribution is 2.79. The van der Waals surface area contributed by atoms with Crippen molar-refractivity contribution in [1.82, 2.24) is 0 Å². The van der Waals surface area contributed by atoms with Gasteiger partial charge in [-0.3, -0.25) is 0 Å². The zero-order valence-corrected chi connectivity index (χ0v) is 35.2. The Morgan fingerprint density at radius 3 is 1.70 bits per heavy atom. The molecule has 0 radical (unpaired) electrons. The predicted octanol–water partition coefficient (Wildman–Crippen LogP) is 14.9. The van der Waals surface area contributed by atoms with E-state index in [0.29, 0.717) is 16.2 Å². The molecule has 50 heavy (non-hydrogen) atoms. The van der Waals surface area contributed by atoms with E-state index in [1.807, 2.05) is 0 Å². The third-order valence-electron chi connectivity index (χ3n) is 20.3. The summed E-state index contributed by atoms with van der Waals surface area (Å²) in [5.74, 6) is 17.6. The Balaban J connectivity index is 1.25. The van der Waals surface area contributed by atoms with Crippen molar-refractivity contribution in [2.45, 2.75) is 197 Å². The van der Waals surface area contributed by atoms with E-state index in [9.17, 15) is 0 Å². The second kappa shape index (κ2) is 13.9. The van der Waals surface area contributed by atoms with Crippen LogP contribution in [0.25, 0.3) is 0 Å².